The lowest BCUT2D eigenvalue weighted by Gasteiger charge is -2.33. The molecule has 218 valence electrons. The van der Waals surface area contributed by atoms with Crippen LogP contribution >= 0.6 is 11.3 Å². The van der Waals surface area contributed by atoms with Crippen LogP contribution in [-0.2, 0) is 15.8 Å². The first-order valence-electron chi connectivity index (χ1n) is 13.3. The van der Waals surface area contributed by atoms with E-state index in [-0.39, 0.29) is 42.1 Å². The topological polar surface area (TPSA) is 137 Å². The minimum absolute atomic E-state index is 0.0352. The number of nitrogens with one attached hydrogen (secondary N) is 1. The normalized spacial score (nSPS) is 20.0. The van der Waals surface area contributed by atoms with E-state index in [9.17, 15) is 19.1 Å². The van der Waals surface area contributed by atoms with Crippen LogP contribution in [0, 0.1) is 12.7 Å². The van der Waals surface area contributed by atoms with Gasteiger partial charge in [0.15, 0.2) is 5.60 Å². The summed E-state index contributed by atoms with van der Waals surface area (Å²) in [6, 6.07) is 10.0. The van der Waals surface area contributed by atoms with Crippen LogP contribution in [0.5, 0.6) is 11.5 Å². The van der Waals surface area contributed by atoms with Gasteiger partial charge in [-0.05, 0) is 69.2 Å². The number of methoxy groups -OCH3 is 1. The standard InChI is InChI=1S/C30H28F2N4O5S/c1-15-35-24-20(40-3)10-17(11-21(24)42-15)26(37)34-13-30(39,29(32)8-9-29)22-12-19-25(41-14-28(19,2)27(33)38)23(36-22)16-4-6-18(31)7-5-16/h4-7,10-12,39H,8-9,13-14H2,1-3H3,(H2,33,38)(H,34,37)/t28-,30-/m0/s1. The van der Waals surface area contributed by atoms with Crippen LogP contribution < -0.4 is 20.5 Å². The molecule has 0 spiro atoms. The summed E-state index contributed by atoms with van der Waals surface area (Å²) in [6.07, 6.45) is 0.0705. The zero-order valence-corrected chi connectivity index (χ0v) is 23.9. The Bertz CT molecular complexity index is 1760. The summed E-state index contributed by atoms with van der Waals surface area (Å²) in [4.78, 5) is 34.9. The second kappa shape index (κ2) is 9.70. The number of alkyl halides is 1. The number of fused-ring (bicyclic) bond motifs is 2. The quantitative estimate of drug-likeness (QED) is 0.280. The number of aromatic nitrogens is 2. The van der Waals surface area contributed by atoms with Gasteiger partial charge < -0.3 is 25.6 Å². The van der Waals surface area contributed by atoms with Crippen molar-refractivity contribution in [2.45, 2.75) is 43.4 Å². The minimum Gasteiger partial charge on any atom is -0.494 e. The third-order valence-corrected chi connectivity index (χ3v) is 9.06. The molecule has 4 aromatic rings. The maximum Gasteiger partial charge on any atom is 0.251 e. The summed E-state index contributed by atoms with van der Waals surface area (Å²) in [6.45, 7) is 2.83. The maximum absolute atomic E-state index is 16.1. The number of aliphatic hydroxyl groups is 1. The summed E-state index contributed by atoms with van der Waals surface area (Å²) in [7, 11) is 1.48. The first kappa shape index (κ1) is 28.0. The van der Waals surface area contributed by atoms with Gasteiger partial charge in [-0.3, -0.25) is 9.59 Å². The van der Waals surface area contributed by atoms with Gasteiger partial charge in [-0.1, -0.05) is 0 Å². The Morgan fingerprint density at radius 1 is 1.21 bits per heavy atom. The molecule has 2 amide bonds. The number of carbonyl (C=O) groups is 2. The van der Waals surface area contributed by atoms with Gasteiger partial charge in [0.25, 0.3) is 5.91 Å². The molecule has 4 N–H and O–H groups in total. The molecule has 12 heteroatoms. The van der Waals surface area contributed by atoms with Gasteiger partial charge >= 0.3 is 0 Å². The van der Waals surface area contributed by atoms with Crippen LogP contribution in [0.1, 0.15) is 46.4 Å². The molecule has 1 aliphatic carbocycles. The molecule has 0 radical (unpaired) electrons. The number of carbonyl (C=O) groups excluding carboxylic acids is 2. The number of aryl methyl sites for hydroxylation is 1. The van der Waals surface area contributed by atoms with Crippen molar-refractivity contribution in [1.82, 2.24) is 15.3 Å². The van der Waals surface area contributed by atoms with E-state index in [1.807, 2.05) is 6.92 Å². The highest BCUT2D eigenvalue weighted by Crippen LogP contribution is 2.55. The Balaban J connectivity index is 1.42. The minimum atomic E-state index is -2.27. The molecule has 42 heavy (non-hydrogen) atoms. The fourth-order valence-corrected chi connectivity index (χ4v) is 6.20. The summed E-state index contributed by atoms with van der Waals surface area (Å²) in [5, 5.41) is 15.5. The van der Waals surface area contributed by atoms with Crippen LogP contribution in [0.4, 0.5) is 8.78 Å². The monoisotopic (exact) mass is 594 g/mol. The van der Waals surface area contributed by atoms with Gasteiger partial charge in [-0.25, -0.2) is 18.7 Å². The van der Waals surface area contributed by atoms with Crippen molar-refractivity contribution in [1.29, 1.82) is 0 Å². The summed E-state index contributed by atoms with van der Waals surface area (Å²) in [5.41, 5.74) is 1.79. The van der Waals surface area contributed by atoms with Crippen molar-refractivity contribution in [2.24, 2.45) is 5.73 Å². The van der Waals surface area contributed by atoms with Crippen molar-refractivity contribution in [3.05, 3.63) is 70.1 Å². The fraction of sp³-hybridized carbons (Fsp3) is 0.333. The van der Waals surface area contributed by atoms with Crippen molar-refractivity contribution in [2.75, 3.05) is 20.3 Å². The van der Waals surface area contributed by atoms with E-state index in [2.05, 4.69) is 15.3 Å². The van der Waals surface area contributed by atoms with E-state index >= 15 is 4.39 Å². The predicted octanol–water partition coefficient (Wildman–Crippen LogP) is 4.07. The number of nitrogens with two attached hydrogens (primary N) is 1. The van der Waals surface area contributed by atoms with Gasteiger partial charge in [0.05, 0.1) is 29.1 Å². The predicted molar refractivity (Wildman–Crippen MR) is 152 cm³/mol. The number of rotatable bonds is 8. The SMILES string of the molecule is COc1cc(C(=O)NC[C@](O)(c2cc3c(c(-c4ccc(F)cc4)n2)OC[C@]3(C)C(N)=O)C2(F)CC2)cc2sc(C)nc12. The highest BCUT2D eigenvalue weighted by atomic mass is 32.1. The Morgan fingerprint density at radius 3 is 2.57 bits per heavy atom. The van der Waals surface area contributed by atoms with Crippen LogP contribution in [-0.4, -0.2) is 52.8 Å². The highest BCUT2D eigenvalue weighted by molar-refractivity contribution is 7.18. The van der Waals surface area contributed by atoms with Gasteiger partial charge in [0, 0.05) is 16.7 Å². The number of hydrogen-bond acceptors (Lipinski definition) is 8. The number of amides is 2. The molecule has 1 fully saturated rings. The number of pyridine rings is 1. The van der Waals surface area contributed by atoms with E-state index in [0.717, 1.165) is 9.71 Å². The summed E-state index contributed by atoms with van der Waals surface area (Å²) >= 11 is 1.40. The van der Waals surface area contributed by atoms with Crippen LogP contribution in [0.15, 0.2) is 42.5 Å². The van der Waals surface area contributed by atoms with E-state index in [1.165, 1.54) is 54.8 Å². The summed E-state index contributed by atoms with van der Waals surface area (Å²) in [5.74, 6) is -1.06. The second-order valence-corrected chi connectivity index (χ2v) is 12.2. The lowest BCUT2D eigenvalue weighted by molar-refractivity contribution is -0.123. The van der Waals surface area contributed by atoms with Crippen molar-refractivity contribution in [3.63, 3.8) is 0 Å². The zero-order chi connectivity index (χ0) is 30.0. The molecule has 6 rings (SSSR count). The number of benzene rings is 2. The van der Waals surface area contributed by atoms with Crippen LogP contribution in [0.25, 0.3) is 21.5 Å². The average Bonchev–Trinajstić information content (AvgIpc) is 3.47. The molecule has 2 aromatic heterocycles. The first-order chi connectivity index (χ1) is 19.9. The third-order valence-electron chi connectivity index (χ3n) is 8.14. The third kappa shape index (κ3) is 4.36. The summed E-state index contributed by atoms with van der Waals surface area (Å²) < 4.78 is 41.8. The number of ether oxygens (including phenoxy) is 2. The Kier molecular flexibility index (Phi) is 6.46. The lowest BCUT2D eigenvalue weighted by atomic mass is 9.80. The van der Waals surface area contributed by atoms with Gasteiger partial charge in [-0.2, -0.15) is 0 Å². The Morgan fingerprint density at radius 2 is 1.93 bits per heavy atom. The fourth-order valence-electron chi connectivity index (χ4n) is 5.31. The highest BCUT2D eigenvalue weighted by Gasteiger charge is 2.62. The average molecular weight is 595 g/mol. The van der Waals surface area contributed by atoms with E-state index in [0.29, 0.717) is 22.4 Å². The second-order valence-electron chi connectivity index (χ2n) is 11.0. The van der Waals surface area contributed by atoms with Crippen LogP contribution in [0.2, 0.25) is 0 Å². The molecule has 0 saturated heterocycles. The maximum atomic E-state index is 16.1. The van der Waals surface area contributed by atoms with Gasteiger partial charge in [0.1, 0.15) is 46.2 Å². The number of hydrogen-bond donors (Lipinski definition) is 3. The number of thiazole rings is 1. The zero-order valence-electron chi connectivity index (χ0n) is 23.1. The van der Waals surface area contributed by atoms with Crippen LogP contribution in [0.3, 0.4) is 0 Å². The number of nitrogens with zero attached hydrogens (tertiary/aromatic N) is 2. The molecule has 1 aliphatic heterocycles. The molecule has 2 atom stereocenters. The van der Waals surface area contributed by atoms with E-state index in [1.54, 1.807) is 13.0 Å². The van der Waals surface area contributed by atoms with Crippen molar-refractivity contribution < 1.29 is 33.0 Å². The Labute approximate surface area is 243 Å². The molecule has 9 nitrogen and oxygen atoms in total. The first-order valence-corrected chi connectivity index (χ1v) is 14.1. The number of halogens is 2. The molecule has 2 aromatic carbocycles. The molecule has 0 bridgehead atoms. The van der Waals surface area contributed by atoms with E-state index < -0.39 is 40.9 Å². The van der Waals surface area contributed by atoms with E-state index in [4.69, 9.17) is 15.2 Å². The molecular weight excluding hydrogens is 566 g/mol. The largest absolute Gasteiger partial charge is 0.494 e. The van der Waals surface area contributed by atoms with Crippen molar-refractivity contribution in [3.8, 4) is 22.8 Å². The molecular formula is C30H28F2N4O5S. The van der Waals surface area contributed by atoms with Crippen molar-refractivity contribution >= 4 is 33.4 Å². The number of primary amides is 1. The molecule has 1 saturated carbocycles. The molecule has 3 heterocycles. The molecule has 2 aliphatic rings. The Hall–Kier alpha value is -4.16. The smallest absolute Gasteiger partial charge is 0.251 e. The van der Waals surface area contributed by atoms with Gasteiger partial charge in [0.2, 0.25) is 5.91 Å². The molecule has 0 unspecified atom stereocenters. The van der Waals surface area contributed by atoms with Gasteiger partial charge in [-0.15, -0.1) is 11.3 Å². The lowest BCUT2D eigenvalue weighted by Crippen LogP contribution is -2.49.